The van der Waals surface area contributed by atoms with E-state index < -0.39 is 0 Å². The van der Waals surface area contributed by atoms with E-state index in [-0.39, 0.29) is 11.6 Å². The zero-order valence-corrected chi connectivity index (χ0v) is 14.4. The molecule has 0 unspecified atom stereocenters. The summed E-state index contributed by atoms with van der Waals surface area (Å²) < 4.78 is 10.5. The fraction of sp³-hybridized carbons (Fsp3) is 0.158. The summed E-state index contributed by atoms with van der Waals surface area (Å²) in [4.78, 5) is 16.4. The lowest BCUT2D eigenvalue weighted by molar-refractivity contribution is 0.0950. The smallest absolute Gasteiger partial charge is 0.273 e. The fourth-order valence-electron chi connectivity index (χ4n) is 2.45. The first kappa shape index (κ1) is 17.0. The van der Waals surface area contributed by atoms with Crippen molar-refractivity contribution in [2.45, 2.75) is 6.42 Å². The van der Waals surface area contributed by atoms with E-state index in [2.05, 4.69) is 10.3 Å². The number of benzene rings is 2. The summed E-state index contributed by atoms with van der Waals surface area (Å²) in [5, 5.41) is 3.54. The third-order valence-corrected chi connectivity index (χ3v) is 4.14. The van der Waals surface area contributed by atoms with Gasteiger partial charge in [0.25, 0.3) is 5.91 Å². The minimum Gasteiger partial charge on any atom is -0.497 e. The quantitative estimate of drug-likeness (QED) is 0.725. The largest absolute Gasteiger partial charge is 0.497 e. The third kappa shape index (κ3) is 4.00. The number of oxazole rings is 1. The SMILES string of the molecule is COc1ccc(-c2ocnc2C(=O)NCCc2ccccc2Cl)cc1. The van der Waals surface area contributed by atoms with Crippen molar-refractivity contribution in [2.24, 2.45) is 0 Å². The highest BCUT2D eigenvalue weighted by molar-refractivity contribution is 6.31. The zero-order chi connectivity index (χ0) is 17.6. The van der Waals surface area contributed by atoms with Crippen molar-refractivity contribution in [3.05, 3.63) is 71.2 Å². The van der Waals surface area contributed by atoms with Crippen molar-refractivity contribution >= 4 is 17.5 Å². The third-order valence-electron chi connectivity index (χ3n) is 3.77. The highest BCUT2D eigenvalue weighted by Gasteiger charge is 2.18. The Morgan fingerprint density at radius 1 is 1.20 bits per heavy atom. The Hall–Kier alpha value is -2.79. The number of carbonyl (C=O) groups excluding carboxylic acids is 1. The maximum Gasteiger partial charge on any atom is 0.273 e. The van der Waals surface area contributed by atoms with Crippen LogP contribution in [0.25, 0.3) is 11.3 Å². The van der Waals surface area contributed by atoms with Gasteiger partial charge in [-0.15, -0.1) is 0 Å². The molecule has 1 heterocycles. The Morgan fingerprint density at radius 3 is 2.68 bits per heavy atom. The molecule has 3 aromatic rings. The second-order valence-electron chi connectivity index (χ2n) is 5.36. The van der Waals surface area contributed by atoms with E-state index in [1.54, 1.807) is 19.2 Å². The second-order valence-corrected chi connectivity index (χ2v) is 5.76. The van der Waals surface area contributed by atoms with Crippen LogP contribution < -0.4 is 10.1 Å². The van der Waals surface area contributed by atoms with Crippen LogP contribution >= 0.6 is 11.6 Å². The van der Waals surface area contributed by atoms with Crippen molar-refractivity contribution in [3.63, 3.8) is 0 Å². The van der Waals surface area contributed by atoms with E-state index in [1.165, 1.54) is 6.39 Å². The number of ether oxygens (including phenoxy) is 1. The summed E-state index contributed by atoms with van der Waals surface area (Å²) in [7, 11) is 1.60. The number of nitrogens with zero attached hydrogens (tertiary/aromatic N) is 1. The topological polar surface area (TPSA) is 64.4 Å². The van der Waals surface area contributed by atoms with Crippen LogP contribution in [0.4, 0.5) is 0 Å². The van der Waals surface area contributed by atoms with Crippen molar-refractivity contribution < 1.29 is 13.9 Å². The molecule has 1 amide bonds. The van der Waals surface area contributed by atoms with E-state index in [9.17, 15) is 4.79 Å². The van der Waals surface area contributed by atoms with Crippen molar-refractivity contribution in [3.8, 4) is 17.1 Å². The number of aromatic nitrogens is 1. The fourth-order valence-corrected chi connectivity index (χ4v) is 2.68. The number of methoxy groups -OCH3 is 1. The van der Waals surface area contributed by atoms with E-state index >= 15 is 0 Å². The van der Waals surface area contributed by atoms with Gasteiger partial charge in [-0.3, -0.25) is 4.79 Å². The van der Waals surface area contributed by atoms with Gasteiger partial charge in [0.05, 0.1) is 7.11 Å². The molecule has 128 valence electrons. The molecule has 1 N–H and O–H groups in total. The Morgan fingerprint density at radius 2 is 1.96 bits per heavy atom. The summed E-state index contributed by atoms with van der Waals surface area (Å²) in [6.07, 6.45) is 1.91. The first-order valence-corrected chi connectivity index (χ1v) is 8.16. The monoisotopic (exact) mass is 356 g/mol. The lowest BCUT2D eigenvalue weighted by atomic mass is 10.1. The molecule has 0 aliphatic rings. The number of carbonyl (C=O) groups is 1. The summed E-state index contributed by atoms with van der Waals surface area (Å²) in [5.41, 5.74) is 2.00. The number of hydrogen-bond donors (Lipinski definition) is 1. The number of amides is 1. The molecule has 5 nitrogen and oxygen atoms in total. The van der Waals surface area contributed by atoms with Gasteiger partial charge in [-0.25, -0.2) is 4.98 Å². The molecule has 0 radical (unpaired) electrons. The van der Waals surface area contributed by atoms with Crippen LogP contribution in [0.1, 0.15) is 16.1 Å². The van der Waals surface area contributed by atoms with Gasteiger partial charge in [0, 0.05) is 17.1 Å². The van der Waals surface area contributed by atoms with Gasteiger partial charge in [0.2, 0.25) is 0 Å². The molecule has 3 rings (SSSR count). The molecule has 1 aromatic heterocycles. The lowest BCUT2D eigenvalue weighted by Gasteiger charge is -2.06. The molecule has 25 heavy (non-hydrogen) atoms. The van der Waals surface area contributed by atoms with Gasteiger partial charge >= 0.3 is 0 Å². The van der Waals surface area contributed by atoms with Crippen molar-refractivity contribution in [2.75, 3.05) is 13.7 Å². The average Bonchev–Trinajstić information content (AvgIpc) is 3.13. The summed E-state index contributed by atoms with van der Waals surface area (Å²) >= 11 is 6.12. The first-order chi connectivity index (χ1) is 12.2. The molecular formula is C19H17ClN2O3. The first-order valence-electron chi connectivity index (χ1n) is 7.78. The molecule has 2 aromatic carbocycles. The van der Waals surface area contributed by atoms with Gasteiger partial charge < -0.3 is 14.5 Å². The lowest BCUT2D eigenvalue weighted by Crippen LogP contribution is -2.26. The zero-order valence-electron chi connectivity index (χ0n) is 13.7. The van der Waals surface area contributed by atoms with Crippen LogP contribution in [0.2, 0.25) is 5.02 Å². The molecule has 0 aliphatic heterocycles. The molecular weight excluding hydrogens is 340 g/mol. The molecule has 0 atom stereocenters. The highest BCUT2D eigenvalue weighted by atomic mass is 35.5. The Kier molecular flexibility index (Phi) is 5.36. The Balaban J connectivity index is 1.67. The van der Waals surface area contributed by atoms with Crippen LogP contribution in [0.15, 0.2) is 59.3 Å². The molecule has 0 bridgehead atoms. The van der Waals surface area contributed by atoms with Gasteiger partial charge in [-0.2, -0.15) is 0 Å². The van der Waals surface area contributed by atoms with Crippen molar-refractivity contribution in [1.82, 2.24) is 10.3 Å². The predicted octanol–water partition coefficient (Wildman–Crippen LogP) is 3.98. The number of halogens is 1. The van der Waals surface area contributed by atoms with Gasteiger partial charge in [-0.1, -0.05) is 29.8 Å². The minimum absolute atomic E-state index is 0.254. The van der Waals surface area contributed by atoms with Crippen LogP contribution in [0, 0.1) is 0 Å². The molecule has 6 heteroatoms. The predicted molar refractivity (Wildman–Crippen MR) is 96.0 cm³/mol. The van der Waals surface area contributed by atoms with Crippen LogP contribution in [0.5, 0.6) is 5.75 Å². The molecule has 0 aliphatic carbocycles. The molecule has 0 spiro atoms. The standard InChI is InChI=1S/C19H17ClN2O3/c1-24-15-8-6-14(7-9-15)18-17(22-12-25-18)19(23)21-11-10-13-4-2-3-5-16(13)20/h2-9,12H,10-11H2,1H3,(H,21,23). The van der Waals surface area contributed by atoms with E-state index in [1.807, 2.05) is 36.4 Å². The molecule has 0 fully saturated rings. The maximum atomic E-state index is 12.4. The average molecular weight is 357 g/mol. The summed E-state index contributed by atoms with van der Waals surface area (Å²) in [6.45, 7) is 0.456. The van der Waals surface area contributed by atoms with Gasteiger partial charge in [-0.05, 0) is 42.3 Å². The number of hydrogen-bond acceptors (Lipinski definition) is 4. The molecule has 0 saturated carbocycles. The van der Waals surface area contributed by atoms with Gasteiger partial charge in [0.1, 0.15) is 5.75 Å². The molecule has 0 saturated heterocycles. The van der Waals surface area contributed by atoms with Crippen LogP contribution in [0.3, 0.4) is 0 Å². The normalized spacial score (nSPS) is 10.5. The Bertz CT molecular complexity index is 859. The van der Waals surface area contributed by atoms with E-state index in [0.29, 0.717) is 23.7 Å². The van der Waals surface area contributed by atoms with Gasteiger partial charge in [0.15, 0.2) is 17.8 Å². The number of nitrogens with one attached hydrogen (secondary N) is 1. The second kappa shape index (κ2) is 7.85. The van der Waals surface area contributed by atoms with Crippen LogP contribution in [-0.2, 0) is 6.42 Å². The number of rotatable bonds is 6. The highest BCUT2D eigenvalue weighted by Crippen LogP contribution is 2.25. The summed E-state index contributed by atoms with van der Waals surface area (Å²) in [6, 6.07) is 14.8. The van der Waals surface area contributed by atoms with Crippen LogP contribution in [-0.4, -0.2) is 24.5 Å². The van der Waals surface area contributed by atoms with Crippen molar-refractivity contribution in [1.29, 1.82) is 0 Å². The van der Waals surface area contributed by atoms with E-state index in [0.717, 1.165) is 16.9 Å². The van der Waals surface area contributed by atoms with E-state index in [4.69, 9.17) is 20.8 Å². The minimum atomic E-state index is -0.286. The maximum absolute atomic E-state index is 12.4. The summed E-state index contributed by atoms with van der Waals surface area (Å²) in [5.74, 6) is 0.874. The Labute approximate surface area is 150 Å².